The number of carbonyl (C=O) groups is 1. The lowest BCUT2D eigenvalue weighted by molar-refractivity contribution is -0.129. The van der Waals surface area contributed by atoms with E-state index in [0.29, 0.717) is 5.95 Å². The number of hydrogen-bond acceptors (Lipinski definition) is 5. The number of para-hydroxylation sites is 1. The summed E-state index contributed by atoms with van der Waals surface area (Å²) in [5.41, 5.74) is 2.28. The molecular weight excluding hydrogens is 326 g/mol. The van der Waals surface area contributed by atoms with Gasteiger partial charge in [-0.25, -0.2) is 4.98 Å². The van der Waals surface area contributed by atoms with E-state index < -0.39 is 0 Å². The normalized spacial score (nSPS) is 15.1. The molecule has 0 aliphatic carbocycles. The van der Waals surface area contributed by atoms with E-state index >= 15 is 0 Å². The predicted octanol–water partition coefficient (Wildman–Crippen LogP) is 3.19. The van der Waals surface area contributed by atoms with Crippen molar-refractivity contribution in [1.29, 1.82) is 0 Å². The van der Waals surface area contributed by atoms with E-state index in [-0.39, 0.29) is 11.3 Å². The van der Waals surface area contributed by atoms with Crippen molar-refractivity contribution in [2.75, 3.05) is 36.4 Å². The molecule has 3 rings (SSSR count). The van der Waals surface area contributed by atoms with Crippen LogP contribution in [0.15, 0.2) is 36.5 Å². The number of piperazine rings is 1. The molecule has 1 amide bonds. The molecule has 6 heteroatoms. The Kier molecular flexibility index (Phi) is 5.11. The minimum atomic E-state index is 0.0320. The van der Waals surface area contributed by atoms with E-state index in [2.05, 4.69) is 59.2 Å². The van der Waals surface area contributed by atoms with Gasteiger partial charge in [0, 0.05) is 45.0 Å². The lowest BCUT2D eigenvalue weighted by Gasteiger charge is -2.34. The average Bonchev–Trinajstić information content (AvgIpc) is 2.61. The Balaban J connectivity index is 1.76. The molecule has 1 saturated heterocycles. The summed E-state index contributed by atoms with van der Waals surface area (Å²) in [4.78, 5) is 24.6. The van der Waals surface area contributed by atoms with Crippen LogP contribution in [0.3, 0.4) is 0 Å². The molecule has 1 aromatic heterocycles. The first-order valence-electron chi connectivity index (χ1n) is 9.04. The Morgan fingerprint density at radius 1 is 1.08 bits per heavy atom. The molecule has 1 aromatic carbocycles. The van der Waals surface area contributed by atoms with Gasteiger partial charge >= 0.3 is 0 Å². The minimum Gasteiger partial charge on any atom is -0.353 e. The fourth-order valence-corrected chi connectivity index (χ4v) is 3.20. The van der Waals surface area contributed by atoms with E-state index in [1.165, 1.54) is 5.56 Å². The van der Waals surface area contributed by atoms with Crippen LogP contribution in [0.25, 0.3) is 0 Å². The van der Waals surface area contributed by atoms with Crippen LogP contribution in [0.4, 0.5) is 17.5 Å². The number of nitrogens with one attached hydrogen (secondary N) is 1. The van der Waals surface area contributed by atoms with Crippen LogP contribution in [0, 0.1) is 0 Å². The van der Waals surface area contributed by atoms with E-state index in [9.17, 15) is 4.79 Å². The maximum Gasteiger partial charge on any atom is 0.229 e. The molecule has 0 unspecified atom stereocenters. The van der Waals surface area contributed by atoms with E-state index in [1.54, 1.807) is 13.1 Å². The molecule has 1 N–H and O–H groups in total. The summed E-state index contributed by atoms with van der Waals surface area (Å²) in [5, 5.41) is 3.37. The molecule has 138 valence electrons. The maximum absolute atomic E-state index is 11.5. The quantitative estimate of drug-likeness (QED) is 0.918. The lowest BCUT2D eigenvalue weighted by Crippen LogP contribution is -2.48. The predicted molar refractivity (Wildman–Crippen MR) is 105 cm³/mol. The Morgan fingerprint density at radius 3 is 2.42 bits per heavy atom. The minimum absolute atomic E-state index is 0.0320. The van der Waals surface area contributed by atoms with Crippen molar-refractivity contribution in [2.24, 2.45) is 0 Å². The summed E-state index contributed by atoms with van der Waals surface area (Å²) >= 11 is 0. The molecule has 26 heavy (non-hydrogen) atoms. The van der Waals surface area contributed by atoms with E-state index in [4.69, 9.17) is 0 Å². The Bertz CT molecular complexity index is 776. The van der Waals surface area contributed by atoms with Gasteiger partial charge in [0.25, 0.3) is 0 Å². The molecule has 0 atom stereocenters. The third-order valence-electron chi connectivity index (χ3n) is 4.67. The van der Waals surface area contributed by atoms with Crippen molar-refractivity contribution in [3.8, 4) is 0 Å². The third kappa shape index (κ3) is 4.12. The van der Waals surface area contributed by atoms with Crippen molar-refractivity contribution in [2.45, 2.75) is 33.1 Å². The zero-order valence-electron chi connectivity index (χ0n) is 16.0. The van der Waals surface area contributed by atoms with E-state index in [0.717, 1.165) is 37.7 Å². The number of amides is 1. The van der Waals surface area contributed by atoms with Crippen LogP contribution in [0.2, 0.25) is 0 Å². The zero-order chi connectivity index (χ0) is 18.7. The summed E-state index contributed by atoms with van der Waals surface area (Å²) in [6, 6.07) is 10.2. The van der Waals surface area contributed by atoms with Crippen LogP contribution in [0.5, 0.6) is 0 Å². The second-order valence-electron chi connectivity index (χ2n) is 7.65. The third-order valence-corrected chi connectivity index (χ3v) is 4.67. The first-order chi connectivity index (χ1) is 12.3. The summed E-state index contributed by atoms with van der Waals surface area (Å²) in [5.74, 6) is 1.61. The summed E-state index contributed by atoms with van der Waals surface area (Å²) in [6.45, 7) is 11.2. The number of hydrogen-bond donors (Lipinski definition) is 1. The van der Waals surface area contributed by atoms with Crippen LogP contribution < -0.4 is 10.2 Å². The zero-order valence-corrected chi connectivity index (χ0v) is 16.0. The van der Waals surface area contributed by atoms with Gasteiger partial charge in [0.1, 0.15) is 5.82 Å². The van der Waals surface area contributed by atoms with Crippen LogP contribution >= 0.6 is 0 Å². The molecule has 1 aliphatic rings. The fourth-order valence-electron chi connectivity index (χ4n) is 3.20. The second-order valence-corrected chi connectivity index (χ2v) is 7.65. The van der Waals surface area contributed by atoms with Gasteiger partial charge in [-0.3, -0.25) is 4.79 Å². The van der Waals surface area contributed by atoms with E-state index in [1.807, 2.05) is 17.0 Å². The SMILES string of the molecule is CC(=O)N1CCN(c2ccnc(Nc3ccccc3C(C)(C)C)n2)CC1. The molecule has 2 heterocycles. The van der Waals surface area contributed by atoms with Gasteiger partial charge in [-0.2, -0.15) is 4.98 Å². The average molecular weight is 353 g/mol. The molecule has 0 radical (unpaired) electrons. The number of aromatic nitrogens is 2. The fraction of sp³-hybridized carbons (Fsp3) is 0.450. The van der Waals surface area contributed by atoms with Crippen LogP contribution in [-0.4, -0.2) is 47.0 Å². The monoisotopic (exact) mass is 353 g/mol. The summed E-state index contributed by atoms with van der Waals surface area (Å²) in [7, 11) is 0. The van der Waals surface area contributed by atoms with Gasteiger partial charge in [-0.1, -0.05) is 39.0 Å². The number of nitrogens with zero attached hydrogens (tertiary/aromatic N) is 4. The lowest BCUT2D eigenvalue weighted by atomic mass is 9.86. The van der Waals surface area contributed by atoms with Gasteiger partial charge in [0.2, 0.25) is 11.9 Å². The highest BCUT2D eigenvalue weighted by Gasteiger charge is 2.21. The van der Waals surface area contributed by atoms with Gasteiger partial charge in [0.05, 0.1) is 0 Å². The van der Waals surface area contributed by atoms with Crippen LogP contribution in [0.1, 0.15) is 33.3 Å². The largest absolute Gasteiger partial charge is 0.353 e. The Hall–Kier alpha value is -2.63. The number of benzene rings is 1. The molecule has 6 nitrogen and oxygen atoms in total. The van der Waals surface area contributed by atoms with Gasteiger partial charge in [-0.15, -0.1) is 0 Å². The summed E-state index contributed by atoms with van der Waals surface area (Å²) in [6.07, 6.45) is 1.78. The van der Waals surface area contributed by atoms with Crippen molar-refractivity contribution < 1.29 is 4.79 Å². The van der Waals surface area contributed by atoms with Crippen molar-refractivity contribution in [3.63, 3.8) is 0 Å². The number of rotatable bonds is 3. The molecule has 0 saturated carbocycles. The molecule has 1 aliphatic heterocycles. The first kappa shape index (κ1) is 18.2. The Labute approximate surface area is 155 Å². The smallest absolute Gasteiger partial charge is 0.229 e. The van der Waals surface area contributed by atoms with Gasteiger partial charge in [-0.05, 0) is 23.1 Å². The standard InChI is InChI=1S/C20H27N5O/c1-15(26)24-11-13-25(14-12-24)18-9-10-21-19(23-18)22-17-8-6-5-7-16(17)20(2,3)4/h5-10H,11-14H2,1-4H3,(H,21,22,23). The topological polar surface area (TPSA) is 61.4 Å². The van der Waals surface area contributed by atoms with Gasteiger partial charge in [0.15, 0.2) is 0 Å². The van der Waals surface area contributed by atoms with Crippen molar-refractivity contribution in [1.82, 2.24) is 14.9 Å². The molecule has 0 spiro atoms. The number of anilines is 3. The summed E-state index contributed by atoms with van der Waals surface area (Å²) < 4.78 is 0. The highest BCUT2D eigenvalue weighted by Crippen LogP contribution is 2.30. The Morgan fingerprint density at radius 2 is 1.77 bits per heavy atom. The number of carbonyl (C=O) groups excluding carboxylic acids is 1. The molecule has 1 fully saturated rings. The second kappa shape index (κ2) is 7.32. The van der Waals surface area contributed by atoms with Crippen LogP contribution in [-0.2, 0) is 10.2 Å². The van der Waals surface area contributed by atoms with Crippen molar-refractivity contribution >= 4 is 23.4 Å². The molecular formula is C20H27N5O. The molecule has 2 aromatic rings. The van der Waals surface area contributed by atoms with Crippen molar-refractivity contribution in [3.05, 3.63) is 42.1 Å². The van der Waals surface area contributed by atoms with Gasteiger partial charge < -0.3 is 15.1 Å². The first-order valence-corrected chi connectivity index (χ1v) is 9.04. The highest BCUT2D eigenvalue weighted by atomic mass is 16.2. The molecule has 0 bridgehead atoms. The highest BCUT2D eigenvalue weighted by molar-refractivity contribution is 5.73. The maximum atomic E-state index is 11.5.